The summed E-state index contributed by atoms with van der Waals surface area (Å²) in [7, 11) is 0. The molecule has 0 amide bonds. The van der Waals surface area contributed by atoms with Crippen LogP contribution in [0.3, 0.4) is 0 Å². The van der Waals surface area contributed by atoms with Crippen LogP contribution in [-0.4, -0.2) is 16.7 Å². The van der Waals surface area contributed by atoms with Gasteiger partial charge in [-0.2, -0.15) is 4.98 Å². The summed E-state index contributed by atoms with van der Waals surface area (Å²) in [4.78, 5) is 4.61. The van der Waals surface area contributed by atoms with Crippen LogP contribution in [0.5, 0.6) is 0 Å². The fourth-order valence-electron chi connectivity index (χ4n) is 3.54. The highest BCUT2D eigenvalue weighted by Crippen LogP contribution is 2.39. The number of nitrogens with two attached hydrogens (primary N) is 1. The summed E-state index contributed by atoms with van der Waals surface area (Å²) in [6, 6.07) is 0. The molecule has 112 valence electrons. The lowest BCUT2D eigenvalue weighted by Crippen LogP contribution is -2.41. The first-order valence-corrected chi connectivity index (χ1v) is 7.79. The standard InChI is InChI=1S/C15H25N3O2/c1-11-6-5-8-15(16,10-11)13-17-12(18-20-13)14(2)7-3-4-9-19-14/h11H,3-10,16H2,1-2H3. The molecule has 3 atom stereocenters. The molecule has 1 aromatic heterocycles. The van der Waals surface area contributed by atoms with E-state index < -0.39 is 11.1 Å². The number of aromatic nitrogens is 2. The predicted octanol–water partition coefficient (Wildman–Crippen LogP) is 2.85. The maximum atomic E-state index is 6.52. The second kappa shape index (κ2) is 5.11. The third kappa shape index (κ3) is 2.49. The zero-order valence-corrected chi connectivity index (χ0v) is 12.5. The first kappa shape index (κ1) is 14.0. The molecular weight excluding hydrogens is 254 g/mol. The Labute approximate surface area is 120 Å². The van der Waals surface area contributed by atoms with E-state index in [9.17, 15) is 0 Å². The van der Waals surface area contributed by atoms with E-state index in [-0.39, 0.29) is 0 Å². The molecule has 5 heteroatoms. The van der Waals surface area contributed by atoms with Gasteiger partial charge in [0.15, 0.2) is 0 Å². The van der Waals surface area contributed by atoms with E-state index in [0.717, 1.165) is 45.1 Å². The van der Waals surface area contributed by atoms with Crippen LogP contribution in [0.25, 0.3) is 0 Å². The molecule has 1 aromatic rings. The lowest BCUT2D eigenvalue weighted by Gasteiger charge is -2.33. The average molecular weight is 279 g/mol. The summed E-state index contributed by atoms with van der Waals surface area (Å²) in [6.07, 6.45) is 7.41. The van der Waals surface area contributed by atoms with E-state index in [0.29, 0.717) is 17.6 Å². The van der Waals surface area contributed by atoms with E-state index in [1.165, 1.54) is 6.42 Å². The van der Waals surface area contributed by atoms with Gasteiger partial charge in [0.1, 0.15) is 5.60 Å². The molecule has 0 spiro atoms. The first-order valence-electron chi connectivity index (χ1n) is 7.79. The Morgan fingerprint density at radius 3 is 2.80 bits per heavy atom. The van der Waals surface area contributed by atoms with Crippen LogP contribution in [0.15, 0.2) is 4.52 Å². The summed E-state index contributed by atoms with van der Waals surface area (Å²) < 4.78 is 11.4. The van der Waals surface area contributed by atoms with Crippen molar-refractivity contribution in [3.63, 3.8) is 0 Å². The molecule has 2 N–H and O–H groups in total. The van der Waals surface area contributed by atoms with Crippen LogP contribution >= 0.6 is 0 Å². The monoisotopic (exact) mass is 279 g/mol. The highest BCUT2D eigenvalue weighted by atomic mass is 16.5. The lowest BCUT2D eigenvalue weighted by molar-refractivity contribution is -0.0770. The molecule has 0 radical (unpaired) electrons. The lowest BCUT2D eigenvalue weighted by atomic mass is 9.77. The predicted molar refractivity (Wildman–Crippen MR) is 75.0 cm³/mol. The van der Waals surface area contributed by atoms with Gasteiger partial charge in [-0.05, 0) is 44.9 Å². The minimum Gasteiger partial charge on any atom is -0.367 e. The van der Waals surface area contributed by atoms with Crippen molar-refractivity contribution >= 4 is 0 Å². The number of ether oxygens (including phenoxy) is 1. The van der Waals surface area contributed by atoms with Gasteiger partial charge in [-0.15, -0.1) is 0 Å². The van der Waals surface area contributed by atoms with Gasteiger partial charge >= 0.3 is 0 Å². The molecule has 3 unspecified atom stereocenters. The van der Waals surface area contributed by atoms with Crippen molar-refractivity contribution in [1.29, 1.82) is 0 Å². The molecule has 0 aromatic carbocycles. The van der Waals surface area contributed by atoms with E-state index in [1.807, 2.05) is 6.92 Å². The zero-order chi connectivity index (χ0) is 14.2. The summed E-state index contributed by atoms with van der Waals surface area (Å²) in [5, 5.41) is 4.17. The van der Waals surface area contributed by atoms with E-state index in [1.54, 1.807) is 0 Å². The third-order valence-corrected chi connectivity index (χ3v) is 4.83. The first-order chi connectivity index (χ1) is 9.52. The summed E-state index contributed by atoms with van der Waals surface area (Å²) in [6.45, 7) is 5.06. The Hall–Kier alpha value is -0.940. The van der Waals surface area contributed by atoms with Crippen molar-refractivity contribution in [3.05, 3.63) is 11.7 Å². The zero-order valence-electron chi connectivity index (χ0n) is 12.5. The van der Waals surface area contributed by atoms with Crippen LogP contribution in [0.2, 0.25) is 0 Å². The number of hydrogen-bond donors (Lipinski definition) is 1. The summed E-state index contributed by atoms with van der Waals surface area (Å²) in [5.74, 6) is 1.87. The van der Waals surface area contributed by atoms with Gasteiger partial charge in [0.25, 0.3) is 0 Å². The highest BCUT2D eigenvalue weighted by Gasteiger charge is 2.41. The van der Waals surface area contributed by atoms with Crippen LogP contribution in [0.1, 0.15) is 70.5 Å². The van der Waals surface area contributed by atoms with Gasteiger partial charge < -0.3 is 15.0 Å². The third-order valence-electron chi connectivity index (χ3n) is 4.83. The fraction of sp³-hybridized carbons (Fsp3) is 0.867. The van der Waals surface area contributed by atoms with Gasteiger partial charge in [-0.1, -0.05) is 24.9 Å². The molecule has 1 saturated heterocycles. The SMILES string of the molecule is CC1CCCC(N)(c2nc(C3(C)CCCCO3)no2)C1. The van der Waals surface area contributed by atoms with E-state index >= 15 is 0 Å². The Kier molecular flexibility index (Phi) is 3.58. The molecule has 20 heavy (non-hydrogen) atoms. The topological polar surface area (TPSA) is 74.2 Å². The van der Waals surface area contributed by atoms with Gasteiger partial charge in [0, 0.05) is 6.61 Å². The molecule has 0 bridgehead atoms. The normalized spacial score (nSPS) is 38.9. The maximum Gasteiger partial charge on any atom is 0.246 e. The Morgan fingerprint density at radius 2 is 2.10 bits per heavy atom. The number of nitrogens with zero attached hydrogens (tertiary/aromatic N) is 2. The fourth-order valence-corrected chi connectivity index (χ4v) is 3.54. The Balaban J connectivity index is 1.82. The largest absolute Gasteiger partial charge is 0.367 e. The van der Waals surface area contributed by atoms with Crippen molar-refractivity contribution in [2.45, 2.75) is 69.9 Å². The quantitative estimate of drug-likeness (QED) is 0.901. The molecule has 3 rings (SSSR count). The van der Waals surface area contributed by atoms with Crippen LogP contribution < -0.4 is 5.73 Å². The molecule has 2 heterocycles. The molecule has 1 aliphatic carbocycles. The van der Waals surface area contributed by atoms with E-state index in [4.69, 9.17) is 15.0 Å². The smallest absolute Gasteiger partial charge is 0.246 e. The van der Waals surface area contributed by atoms with Crippen molar-refractivity contribution in [2.24, 2.45) is 11.7 Å². The van der Waals surface area contributed by atoms with Gasteiger partial charge in [-0.25, -0.2) is 0 Å². The molecule has 1 saturated carbocycles. The van der Waals surface area contributed by atoms with Crippen molar-refractivity contribution in [2.75, 3.05) is 6.61 Å². The molecule has 2 aliphatic rings. The highest BCUT2D eigenvalue weighted by molar-refractivity contribution is 5.08. The van der Waals surface area contributed by atoms with E-state index in [2.05, 4.69) is 17.1 Å². The second-order valence-corrected chi connectivity index (χ2v) is 6.82. The van der Waals surface area contributed by atoms with Crippen molar-refractivity contribution in [3.8, 4) is 0 Å². The summed E-state index contributed by atoms with van der Waals surface area (Å²) >= 11 is 0. The minimum atomic E-state index is -0.450. The Morgan fingerprint density at radius 1 is 1.25 bits per heavy atom. The van der Waals surface area contributed by atoms with Crippen LogP contribution in [0.4, 0.5) is 0 Å². The summed E-state index contributed by atoms with van der Waals surface area (Å²) in [5.41, 5.74) is 5.66. The molecule has 2 fully saturated rings. The average Bonchev–Trinajstić information content (AvgIpc) is 2.90. The van der Waals surface area contributed by atoms with Gasteiger partial charge in [0.2, 0.25) is 11.7 Å². The van der Waals surface area contributed by atoms with Gasteiger partial charge in [-0.3, -0.25) is 0 Å². The van der Waals surface area contributed by atoms with Crippen LogP contribution in [0, 0.1) is 5.92 Å². The van der Waals surface area contributed by atoms with Gasteiger partial charge in [0.05, 0.1) is 5.54 Å². The number of rotatable bonds is 2. The maximum absolute atomic E-state index is 6.52. The molecular formula is C15H25N3O2. The van der Waals surface area contributed by atoms with Crippen LogP contribution in [-0.2, 0) is 15.9 Å². The number of hydrogen-bond acceptors (Lipinski definition) is 5. The molecule has 5 nitrogen and oxygen atoms in total. The van der Waals surface area contributed by atoms with Crippen molar-refractivity contribution in [1.82, 2.24) is 10.1 Å². The van der Waals surface area contributed by atoms with Crippen molar-refractivity contribution < 1.29 is 9.26 Å². The second-order valence-electron chi connectivity index (χ2n) is 6.82. The minimum absolute atomic E-state index is 0.406. The molecule has 1 aliphatic heterocycles. The Bertz CT molecular complexity index is 467.